The van der Waals surface area contributed by atoms with Gasteiger partial charge in [0.05, 0.1) is 10.3 Å². The molecular formula is C11H9F2NS2. The molecule has 1 aromatic carbocycles. The predicted molar refractivity (Wildman–Crippen MR) is 65.3 cm³/mol. The molecule has 0 N–H and O–H groups in total. The normalized spacial score (nSPS) is 10.9. The van der Waals surface area contributed by atoms with Crippen LogP contribution in [-0.2, 0) is 0 Å². The van der Waals surface area contributed by atoms with Crippen LogP contribution in [0.5, 0.6) is 0 Å². The highest BCUT2D eigenvalue weighted by Gasteiger charge is 2.22. The molecule has 1 aromatic rings. The van der Waals surface area contributed by atoms with E-state index in [4.69, 9.17) is 17.5 Å². The van der Waals surface area contributed by atoms with Crippen molar-refractivity contribution in [3.05, 3.63) is 35.4 Å². The summed E-state index contributed by atoms with van der Waals surface area (Å²) in [5, 5.41) is 8.82. The minimum Gasteiger partial charge on any atom is -0.207 e. The van der Waals surface area contributed by atoms with Gasteiger partial charge < -0.3 is 0 Å². The Morgan fingerprint density at radius 2 is 2.06 bits per heavy atom. The molecule has 0 unspecified atom stereocenters. The third-order valence-electron chi connectivity index (χ3n) is 1.77. The zero-order valence-electron chi connectivity index (χ0n) is 8.75. The van der Waals surface area contributed by atoms with E-state index in [1.54, 1.807) is 13.8 Å². The third-order valence-corrected chi connectivity index (χ3v) is 3.24. The Bertz CT molecular complexity index is 464. The zero-order chi connectivity index (χ0) is 12.3. The molecule has 0 aliphatic heterocycles. The van der Waals surface area contributed by atoms with Crippen LogP contribution in [-0.4, -0.2) is 8.94 Å². The van der Waals surface area contributed by atoms with E-state index in [2.05, 4.69) is 6.07 Å². The summed E-state index contributed by atoms with van der Waals surface area (Å²) in [5.74, 6) is -1.35. The average molecular weight is 257 g/mol. The summed E-state index contributed by atoms with van der Waals surface area (Å²) < 4.78 is 25.6. The predicted octanol–water partition coefficient (Wildman–Crippen LogP) is 3.68. The standard InChI is InChI=1S/C11H9F2NS2/c1-11(2,6-14)16-10(15)8-4-3-7(12)5-9(8)13/h3-5H,1-2H3. The van der Waals surface area contributed by atoms with E-state index in [1.165, 1.54) is 6.07 Å². The molecule has 16 heavy (non-hydrogen) atoms. The molecule has 0 aliphatic rings. The SMILES string of the molecule is CC(C)(C#N)SC(=S)c1ccc(F)cc1F. The molecule has 0 radical (unpaired) electrons. The summed E-state index contributed by atoms with van der Waals surface area (Å²) in [6.07, 6.45) is 0. The van der Waals surface area contributed by atoms with Crippen LogP contribution in [0.2, 0.25) is 0 Å². The number of thiocarbonyl (C=S) groups is 1. The molecule has 5 heteroatoms. The lowest BCUT2D eigenvalue weighted by Gasteiger charge is -2.15. The van der Waals surface area contributed by atoms with E-state index in [0.717, 1.165) is 23.9 Å². The molecular weight excluding hydrogens is 248 g/mol. The van der Waals surface area contributed by atoms with Crippen LogP contribution in [0, 0.1) is 23.0 Å². The molecule has 0 aliphatic carbocycles. The van der Waals surface area contributed by atoms with E-state index in [1.807, 2.05) is 0 Å². The van der Waals surface area contributed by atoms with E-state index in [0.29, 0.717) is 0 Å². The van der Waals surface area contributed by atoms with Crippen LogP contribution in [0.3, 0.4) is 0 Å². The van der Waals surface area contributed by atoms with Crippen molar-refractivity contribution in [3.8, 4) is 6.07 Å². The minimum absolute atomic E-state index is 0.157. The number of hydrogen-bond donors (Lipinski definition) is 0. The summed E-state index contributed by atoms with van der Waals surface area (Å²) in [6.45, 7) is 3.37. The maximum absolute atomic E-state index is 13.4. The van der Waals surface area contributed by atoms with Gasteiger partial charge in [-0.3, -0.25) is 0 Å². The number of rotatable bonds is 2. The van der Waals surface area contributed by atoms with Gasteiger partial charge in [0.2, 0.25) is 0 Å². The monoisotopic (exact) mass is 257 g/mol. The molecule has 0 aromatic heterocycles. The van der Waals surface area contributed by atoms with Gasteiger partial charge in [0.15, 0.2) is 0 Å². The number of nitrogens with zero attached hydrogens (tertiary/aromatic N) is 1. The molecule has 0 fully saturated rings. The molecule has 84 valence electrons. The van der Waals surface area contributed by atoms with Crippen molar-refractivity contribution in [2.24, 2.45) is 0 Å². The van der Waals surface area contributed by atoms with Crippen LogP contribution in [0.15, 0.2) is 18.2 Å². The van der Waals surface area contributed by atoms with Gasteiger partial charge in [-0.25, -0.2) is 8.78 Å². The van der Waals surface area contributed by atoms with E-state index < -0.39 is 16.4 Å². The Labute approximate surface area is 102 Å². The van der Waals surface area contributed by atoms with Gasteiger partial charge in [0.25, 0.3) is 0 Å². The maximum Gasteiger partial charge on any atom is 0.135 e. The molecule has 0 amide bonds. The van der Waals surface area contributed by atoms with Crippen molar-refractivity contribution in [2.45, 2.75) is 18.6 Å². The molecule has 0 bridgehead atoms. The van der Waals surface area contributed by atoms with Crippen LogP contribution in [0.25, 0.3) is 0 Å². The van der Waals surface area contributed by atoms with E-state index >= 15 is 0 Å². The van der Waals surface area contributed by atoms with Crippen LogP contribution in [0.4, 0.5) is 8.78 Å². The van der Waals surface area contributed by atoms with Crippen LogP contribution >= 0.6 is 24.0 Å². The first-order valence-corrected chi connectivity index (χ1v) is 5.68. The van der Waals surface area contributed by atoms with Crippen LogP contribution in [0.1, 0.15) is 19.4 Å². The summed E-state index contributed by atoms with van der Waals surface area (Å²) in [7, 11) is 0. The van der Waals surface area contributed by atoms with Gasteiger partial charge in [-0.1, -0.05) is 24.0 Å². The molecule has 0 spiro atoms. The molecule has 0 heterocycles. The number of benzene rings is 1. The highest BCUT2D eigenvalue weighted by atomic mass is 32.2. The Morgan fingerprint density at radius 3 is 2.56 bits per heavy atom. The van der Waals surface area contributed by atoms with Gasteiger partial charge in [0.1, 0.15) is 16.4 Å². The number of halogens is 2. The first-order valence-electron chi connectivity index (χ1n) is 4.45. The smallest absolute Gasteiger partial charge is 0.135 e. The molecule has 1 rings (SSSR count). The molecule has 0 saturated carbocycles. The Hall–Kier alpha value is -0.990. The van der Waals surface area contributed by atoms with E-state index in [9.17, 15) is 8.78 Å². The average Bonchev–Trinajstić information content (AvgIpc) is 2.16. The van der Waals surface area contributed by atoms with Crippen LogP contribution < -0.4 is 0 Å². The fourth-order valence-corrected chi connectivity index (χ4v) is 2.54. The quantitative estimate of drug-likeness (QED) is 0.755. The van der Waals surface area contributed by atoms with Gasteiger partial charge in [0, 0.05) is 11.6 Å². The molecule has 0 atom stereocenters. The number of nitriles is 1. The Kier molecular flexibility index (Phi) is 4.00. The van der Waals surface area contributed by atoms with E-state index in [-0.39, 0.29) is 9.76 Å². The fraction of sp³-hybridized carbons (Fsp3) is 0.273. The fourth-order valence-electron chi connectivity index (χ4n) is 0.965. The number of hydrogen-bond acceptors (Lipinski definition) is 3. The second kappa shape index (κ2) is 4.89. The van der Waals surface area contributed by atoms with Gasteiger partial charge >= 0.3 is 0 Å². The third kappa shape index (κ3) is 3.26. The lowest BCUT2D eigenvalue weighted by atomic mass is 10.2. The van der Waals surface area contributed by atoms with Crippen molar-refractivity contribution < 1.29 is 8.78 Å². The Balaban J connectivity index is 2.95. The summed E-state index contributed by atoms with van der Waals surface area (Å²) >= 11 is 6.10. The van der Waals surface area contributed by atoms with Gasteiger partial charge in [-0.2, -0.15) is 5.26 Å². The van der Waals surface area contributed by atoms with Crippen molar-refractivity contribution in [3.63, 3.8) is 0 Å². The first kappa shape index (κ1) is 13.1. The minimum atomic E-state index is -0.724. The summed E-state index contributed by atoms with van der Waals surface area (Å²) in [6, 6.07) is 5.26. The highest BCUT2D eigenvalue weighted by Crippen LogP contribution is 2.29. The second-order valence-corrected chi connectivity index (χ2v) is 5.94. The van der Waals surface area contributed by atoms with Crippen molar-refractivity contribution in [1.29, 1.82) is 5.26 Å². The molecule has 1 nitrogen and oxygen atoms in total. The van der Waals surface area contributed by atoms with Gasteiger partial charge in [-0.15, -0.1) is 0 Å². The lowest BCUT2D eigenvalue weighted by Crippen LogP contribution is -2.14. The van der Waals surface area contributed by atoms with Crippen molar-refractivity contribution in [2.75, 3.05) is 0 Å². The zero-order valence-corrected chi connectivity index (χ0v) is 10.4. The summed E-state index contributed by atoms with van der Waals surface area (Å²) in [4.78, 5) is 0. The summed E-state index contributed by atoms with van der Waals surface area (Å²) in [5.41, 5.74) is 0.157. The highest BCUT2D eigenvalue weighted by molar-refractivity contribution is 8.24. The number of thioether (sulfide) groups is 1. The van der Waals surface area contributed by atoms with Crippen molar-refractivity contribution in [1.82, 2.24) is 0 Å². The second-order valence-electron chi connectivity index (χ2n) is 3.64. The Morgan fingerprint density at radius 1 is 1.44 bits per heavy atom. The first-order chi connectivity index (χ1) is 7.35. The lowest BCUT2D eigenvalue weighted by molar-refractivity contribution is 0.582. The van der Waals surface area contributed by atoms with Gasteiger partial charge in [-0.05, 0) is 26.0 Å². The topological polar surface area (TPSA) is 23.8 Å². The maximum atomic E-state index is 13.4. The largest absolute Gasteiger partial charge is 0.207 e. The molecule has 0 saturated heterocycles. The van der Waals surface area contributed by atoms with Crippen molar-refractivity contribution >= 4 is 28.2 Å².